The summed E-state index contributed by atoms with van der Waals surface area (Å²) in [6.45, 7) is 6.71. The first-order valence-electron chi connectivity index (χ1n) is 7.01. The van der Waals surface area contributed by atoms with Crippen LogP contribution in [0.2, 0.25) is 0 Å². The zero-order valence-electron chi connectivity index (χ0n) is 12.3. The minimum absolute atomic E-state index is 0.0552. The molecule has 4 nitrogen and oxygen atoms in total. The first kappa shape index (κ1) is 14.7. The second-order valence-electron chi connectivity index (χ2n) is 6.05. The lowest BCUT2D eigenvalue weighted by atomic mass is 9.78. The molecule has 1 aliphatic rings. The van der Waals surface area contributed by atoms with Crippen molar-refractivity contribution in [3.8, 4) is 0 Å². The van der Waals surface area contributed by atoms with Gasteiger partial charge in [-0.2, -0.15) is 0 Å². The molecule has 0 aromatic heterocycles. The van der Waals surface area contributed by atoms with Crippen LogP contribution >= 0.6 is 0 Å². The summed E-state index contributed by atoms with van der Waals surface area (Å²) in [6, 6.07) is 7.71. The largest absolute Gasteiger partial charge is 0.326 e. The fourth-order valence-corrected chi connectivity index (χ4v) is 2.48. The van der Waals surface area contributed by atoms with Crippen molar-refractivity contribution < 1.29 is 9.59 Å². The van der Waals surface area contributed by atoms with Crippen molar-refractivity contribution in [3.63, 3.8) is 0 Å². The van der Waals surface area contributed by atoms with E-state index in [1.54, 1.807) is 0 Å². The van der Waals surface area contributed by atoms with Gasteiger partial charge in [-0.3, -0.25) is 14.5 Å². The number of rotatable bonds is 4. The normalized spacial score (nSPS) is 22.9. The van der Waals surface area contributed by atoms with Crippen LogP contribution in [0.15, 0.2) is 24.3 Å². The van der Waals surface area contributed by atoms with Crippen LogP contribution in [0.1, 0.15) is 38.3 Å². The Morgan fingerprint density at radius 1 is 1.20 bits per heavy atom. The van der Waals surface area contributed by atoms with Crippen LogP contribution in [0, 0.1) is 11.3 Å². The van der Waals surface area contributed by atoms with Crippen LogP contribution in [0.25, 0.3) is 0 Å². The van der Waals surface area contributed by atoms with Gasteiger partial charge in [-0.05, 0) is 24.0 Å². The lowest BCUT2D eigenvalue weighted by Crippen LogP contribution is -2.36. The van der Waals surface area contributed by atoms with Crippen molar-refractivity contribution in [2.45, 2.75) is 40.3 Å². The number of carbonyl (C=O) groups is 2. The molecule has 2 rings (SSSR count). The Morgan fingerprint density at radius 2 is 1.75 bits per heavy atom. The van der Waals surface area contributed by atoms with Crippen LogP contribution in [0.5, 0.6) is 0 Å². The van der Waals surface area contributed by atoms with Crippen LogP contribution in [0.3, 0.4) is 0 Å². The Hall–Kier alpha value is -1.68. The van der Waals surface area contributed by atoms with E-state index in [4.69, 9.17) is 5.73 Å². The molecular weight excluding hydrogens is 252 g/mol. The van der Waals surface area contributed by atoms with Crippen LogP contribution in [-0.4, -0.2) is 16.7 Å². The molecule has 2 amide bonds. The molecule has 1 aromatic carbocycles. The molecule has 1 aliphatic heterocycles. The Labute approximate surface area is 119 Å². The van der Waals surface area contributed by atoms with Gasteiger partial charge in [0.15, 0.2) is 0 Å². The van der Waals surface area contributed by atoms with Gasteiger partial charge in [0.25, 0.3) is 0 Å². The van der Waals surface area contributed by atoms with E-state index in [9.17, 15) is 9.59 Å². The molecule has 1 atom stereocenters. The molecule has 1 fully saturated rings. The first-order chi connectivity index (χ1) is 9.38. The SMILES string of the molecule is CC(C)C1(C)CC(=O)N(Cc2ccc(CN)cc2)C1=O. The first-order valence-corrected chi connectivity index (χ1v) is 7.01. The number of hydrogen-bond acceptors (Lipinski definition) is 3. The number of amides is 2. The number of benzene rings is 1. The van der Waals surface area contributed by atoms with Crippen molar-refractivity contribution in [3.05, 3.63) is 35.4 Å². The highest BCUT2D eigenvalue weighted by atomic mass is 16.2. The maximum Gasteiger partial charge on any atom is 0.236 e. The van der Waals surface area contributed by atoms with Gasteiger partial charge in [-0.25, -0.2) is 0 Å². The maximum atomic E-state index is 12.5. The number of carbonyl (C=O) groups excluding carboxylic acids is 2. The van der Waals surface area contributed by atoms with E-state index in [2.05, 4.69) is 0 Å². The molecule has 0 bridgehead atoms. The molecule has 0 aliphatic carbocycles. The topological polar surface area (TPSA) is 63.4 Å². The standard InChI is InChI=1S/C16H22N2O2/c1-11(2)16(3)8-14(19)18(15(16)20)10-13-6-4-12(9-17)5-7-13/h4-7,11H,8-10,17H2,1-3H3. The second-order valence-corrected chi connectivity index (χ2v) is 6.05. The van der Waals surface area contributed by atoms with Gasteiger partial charge in [-0.1, -0.05) is 38.1 Å². The molecule has 1 saturated heterocycles. The highest BCUT2D eigenvalue weighted by molar-refractivity contribution is 6.05. The Balaban J connectivity index is 2.17. The highest BCUT2D eigenvalue weighted by Gasteiger charge is 2.49. The van der Waals surface area contributed by atoms with E-state index in [1.807, 2.05) is 45.0 Å². The fraction of sp³-hybridized carbons (Fsp3) is 0.500. The summed E-state index contributed by atoms with van der Waals surface area (Å²) < 4.78 is 0. The number of imide groups is 1. The van der Waals surface area contributed by atoms with E-state index < -0.39 is 5.41 Å². The Morgan fingerprint density at radius 3 is 2.20 bits per heavy atom. The molecule has 1 heterocycles. The zero-order chi connectivity index (χ0) is 14.9. The van der Waals surface area contributed by atoms with Crippen molar-refractivity contribution in [2.24, 2.45) is 17.1 Å². The molecule has 0 saturated carbocycles. The molecular formula is C16H22N2O2. The van der Waals surface area contributed by atoms with Crippen LogP contribution in [-0.2, 0) is 22.7 Å². The monoisotopic (exact) mass is 274 g/mol. The lowest BCUT2D eigenvalue weighted by molar-refractivity contribution is -0.142. The van der Waals surface area contributed by atoms with E-state index in [0.717, 1.165) is 11.1 Å². The third-order valence-corrected chi connectivity index (χ3v) is 4.43. The summed E-state index contributed by atoms with van der Waals surface area (Å²) in [7, 11) is 0. The predicted molar refractivity (Wildman–Crippen MR) is 77.5 cm³/mol. The minimum Gasteiger partial charge on any atom is -0.326 e. The van der Waals surface area contributed by atoms with Gasteiger partial charge in [0.05, 0.1) is 12.0 Å². The predicted octanol–water partition coefficient (Wildman–Crippen LogP) is 2.07. The molecule has 2 N–H and O–H groups in total. The summed E-state index contributed by atoms with van der Waals surface area (Å²) in [5.74, 6) is 0.0260. The van der Waals surface area contributed by atoms with E-state index >= 15 is 0 Å². The fourth-order valence-electron chi connectivity index (χ4n) is 2.48. The minimum atomic E-state index is -0.561. The van der Waals surface area contributed by atoms with Crippen LogP contribution < -0.4 is 5.73 Å². The molecule has 20 heavy (non-hydrogen) atoms. The maximum absolute atomic E-state index is 12.5. The molecule has 0 radical (unpaired) electrons. The molecule has 108 valence electrons. The third kappa shape index (κ3) is 2.48. The Bertz CT molecular complexity index is 522. The van der Waals surface area contributed by atoms with E-state index in [0.29, 0.717) is 19.5 Å². The van der Waals surface area contributed by atoms with Crippen molar-refractivity contribution in [2.75, 3.05) is 0 Å². The number of likely N-dealkylation sites (tertiary alicyclic amines) is 1. The van der Waals surface area contributed by atoms with Gasteiger partial charge in [0.1, 0.15) is 0 Å². The number of hydrogen-bond donors (Lipinski definition) is 1. The third-order valence-electron chi connectivity index (χ3n) is 4.43. The van der Waals surface area contributed by atoms with Gasteiger partial charge in [0.2, 0.25) is 11.8 Å². The second kappa shape index (κ2) is 5.37. The highest BCUT2D eigenvalue weighted by Crippen LogP contribution is 2.39. The van der Waals surface area contributed by atoms with Crippen molar-refractivity contribution >= 4 is 11.8 Å². The summed E-state index contributed by atoms with van der Waals surface area (Å²) in [5.41, 5.74) is 6.99. The van der Waals surface area contributed by atoms with Gasteiger partial charge < -0.3 is 5.73 Å². The van der Waals surface area contributed by atoms with Gasteiger partial charge >= 0.3 is 0 Å². The summed E-state index contributed by atoms with van der Waals surface area (Å²) >= 11 is 0. The smallest absolute Gasteiger partial charge is 0.236 e. The quantitative estimate of drug-likeness (QED) is 0.855. The number of nitrogens with two attached hydrogens (primary N) is 1. The van der Waals surface area contributed by atoms with Crippen LogP contribution in [0.4, 0.5) is 0 Å². The van der Waals surface area contributed by atoms with Crippen molar-refractivity contribution in [1.29, 1.82) is 0 Å². The summed E-state index contributed by atoms with van der Waals surface area (Å²) in [4.78, 5) is 26.0. The van der Waals surface area contributed by atoms with Gasteiger partial charge in [-0.15, -0.1) is 0 Å². The zero-order valence-corrected chi connectivity index (χ0v) is 12.3. The lowest BCUT2D eigenvalue weighted by Gasteiger charge is -2.26. The van der Waals surface area contributed by atoms with Crippen molar-refractivity contribution in [1.82, 2.24) is 4.90 Å². The molecule has 1 unspecified atom stereocenters. The molecule has 4 heteroatoms. The summed E-state index contributed by atoms with van der Waals surface area (Å²) in [6.07, 6.45) is 0.310. The average Bonchev–Trinajstić information content (AvgIpc) is 2.64. The van der Waals surface area contributed by atoms with Gasteiger partial charge in [0, 0.05) is 13.0 Å². The average molecular weight is 274 g/mol. The number of nitrogens with zero attached hydrogens (tertiary/aromatic N) is 1. The van der Waals surface area contributed by atoms with E-state index in [-0.39, 0.29) is 17.7 Å². The Kier molecular flexibility index (Phi) is 3.95. The summed E-state index contributed by atoms with van der Waals surface area (Å²) in [5, 5.41) is 0. The molecule has 1 aromatic rings. The molecule has 0 spiro atoms. The van der Waals surface area contributed by atoms with E-state index in [1.165, 1.54) is 4.90 Å².